The Bertz CT molecular complexity index is 1180. The Labute approximate surface area is 153 Å². The van der Waals surface area contributed by atoms with E-state index in [4.69, 9.17) is 9.37 Å². The molecule has 9 heteroatoms. The molecule has 2 aliphatic heterocycles. The first-order chi connectivity index (χ1) is 12.9. The zero-order valence-corrected chi connectivity index (χ0v) is 15.0. The highest BCUT2D eigenvalue weighted by molar-refractivity contribution is 6.13. The molecule has 1 fully saturated rings. The third kappa shape index (κ3) is 2.18. The van der Waals surface area contributed by atoms with E-state index in [1.165, 1.54) is 0 Å². The van der Waals surface area contributed by atoms with Crippen molar-refractivity contribution in [3.05, 3.63) is 39.7 Å². The second-order valence-corrected chi connectivity index (χ2v) is 7.47. The Balaban J connectivity index is 1.78. The predicted octanol–water partition coefficient (Wildman–Crippen LogP) is 1.46. The SMILES string of the molecule is Cn1[nH]c(=O)c2c1N=C1COC(C)(C)C(=O)C1C2c1ccc2nonc2c1. The van der Waals surface area contributed by atoms with Crippen molar-refractivity contribution in [2.45, 2.75) is 25.4 Å². The number of nitrogens with zero attached hydrogens (tertiary/aromatic N) is 4. The van der Waals surface area contributed by atoms with E-state index in [0.29, 0.717) is 28.1 Å². The number of ketones is 1. The molecule has 1 N–H and O–H groups in total. The molecule has 0 radical (unpaired) electrons. The first-order valence-corrected chi connectivity index (χ1v) is 8.63. The number of carbonyl (C=O) groups is 1. The first-order valence-electron chi connectivity index (χ1n) is 8.63. The number of ether oxygens (including phenoxy) is 1. The van der Waals surface area contributed by atoms with Crippen LogP contribution in [0.25, 0.3) is 11.0 Å². The normalized spacial score (nSPS) is 23.8. The molecule has 0 saturated carbocycles. The molecule has 27 heavy (non-hydrogen) atoms. The van der Waals surface area contributed by atoms with Gasteiger partial charge in [-0.15, -0.1) is 0 Å². The Morgan fingerprint density at radius 3 is 2.78 bits per heavy atom. The van der Waals surface area contributed by atoms with E-state index < -0.39 is 17.4 Å². The van der Waals surface area contributed by atoms with Gasteiger partial charge in [0.1, 0.15) is 16.6 Å². The number of aromatic nitrogens is 4. The maximum Gasteiger partial charge on any atom is 0.270 e. The van der Waals surface area contributed by atoms with Crippen molar-refractivity contribution in [3.63, 3.8) is 0 Å². The lowest BCUT2D eigenvalue weighted by Crippen LogP contribution is -2.53. The minimum Gasteiger partial charge on any atom is -0.362 e. The van der Waals surface area contributed by atoms with Crippen LogP contribution < -0.4 is 5.56 Å². The third-order valence-corrected chi connectivity index (χ3v) is 5.42. The number of hydrogen-bond acceptors (Lipinski definition) is 7. The summed E-state index contributed by atoms with van der Waals surface area (Å²) in [6.07, 6.45) is 0. The number of nitrogens with one attached hydrogen (secondary N) is 1. The monoisotopic (exact) mass is 367 g/mol. The number of benzene rings is 1. The molecule has 9 nitrogen and oxygen atoms in total. The fourth-order valence-electron chi connectivity index (χ4n) is 4.00. The van der Waals surface area contributed by atoms with E-state index in [2.05, 4.69) is 20.4 Å². The fourth-order valence-corrected chi connectivity index (χ4v) is 4.00. The van der Waals surface area contributed by atoms with E-state index in [-0.39, 0.29) is 17.9 Å². The molecular weight excluding hydrogens is 350 g/mol. The molecule has 4 heterocycles. The highest BCUT2D eigenvalue weighted by Gasteiger charge is 2.50. The van der Waals surface area contributed by atoms with Gasteiger partial charge in [-0.1, -0.05) is 6.07 Å². The average Bonchev–Trinajstić information content (AvgIpc) is 3.21. The van der Waals surface area contributed by atoms with E-state index >= 15 is 0 Å². The van der Waals surface area contributed by atoms with Gasteiger partial charge in [0.15, 0.2) is 11.6 Å². The topological polar surface area (TPSA) is 115 Å². The molecule has 2 atom stereocenters. The van der Waals surface area contributed by atoms with Crippen LogP contribution in [0.15, 0.2) is 32.6 Å². The van der Waals surface area contributed by atoms with Gasteiger partial charge in [0, 0.05) is 13.0 Å². The number of fused-ring (bicyclic) bond motifs is 3. The highest BCUT2D eigenvalue weighted by Crippen LogP contribution is 2.44. The molecule has 0 aliphatic carbocycles. The zero-order valence-electron chi connectivity index (χ0n) is 15.0. The van der Waals surface area contributed by atoms with Crippen molar-refractivity contribution in [2.24, 2.45) is 18.0 Å². The van der Waals surface area contributed by atoms with Crippen molar-refractivity contribution in [2.75, 3.05) is 6.61 Å². The molecule has 1 saturated heterocycles. The van der Waals surface area contributed by atoms with Crippen molar-refractivity contribution in [3.8, 4) is 0 Å². The minimum atomic E-state index is -0.944. The first kappa shape index (κ1) is 16.1. The van der Waals surface area contributed by atoms with Gasteiger partial charge in [0.25, 0.3) is 5.56 Å². The second kappa shape index (κ2) is 5.23. The quantitative estimate of drug-likeness (QED) is 0.696. The number of aromatic amines is 1. The molecule has 0 amide bonds. The number of H-pyrrole nitrogens is 1. The summed E-state index contributed by atoms with van der Waals surface area (Å²) in [5, 5.41) is 10.5. The summed E-state index contributed by atoms with van der Waals surface area (Å²) in [4.78, 5) is 30.5. The predicted molar refractivity (Wildman–Crippen MR) is 95.3 cm³/mol. The van der Waals surface area contributed by atoms with Gasteiger partial charge < -0.3 is 4.74 Å². The maximum absolute atomic E-state index is 13.2. The standard InChI is InChI=1S/C18H17N5O4/c1-18(2)15(24)13-11(7-26-18)19-16-14(17(25)20-23(16)3)12(13)8-4-5-9-10(6-8)22-27-21-9/h4-6,12-13H,7H2,1-3H3,(H,20,25). The zero-order chi connectivity index (χ0) is 18.9. The number of aliphatic imine (C=N–C) groups is 1. The summed E-state index contributed by atoms with van der Waals surface area (Å²) in [6.45, 7) is 3.74. The van der Waals surface area contributed by atoms with Crippen LogP contribution >= 0.6 is 0 Å². The Kier molecular flexibility index (Phi) is 3.12. The summed E-state index contributed by atoms with van der Waals surface area (Å²) in [5.41, 5.74) is 1.89. The molecular formula is C18H17N5O4. The molecule has 138 valence electrons. The third-order valence-electron chi connectivity index (χ3n) is 5.42. The Morgan fingerprint density at radius 2 is 1.96 bits per heavy atom. The Hall–Kier alpha value is -3.07. The Morgan fingerprint density at radius 1 is 1.19 bits per heavy atom. The summed E-state index contributed by atoms with van der Waals surface area (Å²) in [6, 6.07) is 5.44. The molecule has 1 aromatic carbocycles. The fraction of sp³-hybridized carbons (Fsp3) is 0.389. The summed E-state index contributed by atoms with van der Waals surface area (Å²) >= 11 is 0. The number of aryl methyl sites for hydroxylation is 1. The van der Waals surface area contributed by atoms with E-state index in [0.717, 1.165) is 5.56 Å². The van der Waals surface area contributed by atoms with Gasteiger partial charge in [0.2, 0.25) is 0 Å². The summed E-state index contributed by atoms with van der Waals surface area (Å²) in [5.74, 6) is -0.619. The van der Waals surface area contributed by atoms with Crippen molar-refractivity contribution in [1.82, 2.24) is 20.1 Å². The van der Waals surface area contributed by atoms with Crippen molar-refractivity contribution >= 4 is 28.3 Å². The lowest BCUT2D eigenvalue weighted by Gasteiger charge is -2.40. The number of Topliss-reactive ketones (excluding diaryl/α,β-unsaturated/α-hetero) is 1. The van der Waals surface area contributed by atoms with Crippen LogP contribution in [0, 0.1) is 5.92 Å². The maximum atomic E-state index is 13.2. The van der Waals surface area contributed by atoms with Crippen LogP contribution in [0.4, 0.5) is 5.82 Å². The van der Waals surface area contributed by atoms with Crippen LogP contribution in [-0.4, -0.2) is 43.8 Å². The van der Waals surface area contributed by atoms with Crippen molar-refractivity contribution < 1.29 is 14.2 Å². The van der Waals surface area contributed by atoms with Crippen molar-refractivity contribution in [1.29, 1.82) is 0 Å². The highest BCUT2D eigenvalue weighted by atomic mass is 16.6. The number of rotatable bonds is 1. The van der Waals surface area contributed by atoms with Crippen LogP contribution in [0.3, 0.4) is 0 Å². The average molecular weight is 367 g/mol. The smallest absolute Gasteiger partial charge is 0.270 e. The van der Waals surface area contributed by atoms with Crippen LogP contribution in [-0.2, 0) is 16.6 Å². The molecule has 2 aromatic heterocycles. The number of carbonyl (C=O) groups excluding carboxylic acids is 1. The largest absolute Gasteiger partial charge is 0.362 e. The van der Waals surface area contributed by atoms with Gasteiger partial charge in [-0.2, -0.15) is 0 Å². The molecule has 5 rings (SSSR count). The van der Waals surface area contributed by atoms with Gasteiger partial charge in [-0.3, -0.25) is 19.4 Å². The molecule has 0 bridgehead atoms. The molecule has 0 spiro atoms. The van der Waals surface area contributed by atoms with Crippen LogP contribution in [0.1, 0.15) is 30.9 Å². The number of hydrogen-bond donors (Lipinski definition) is 1. The van der Waals surface area contributed by atoms with Gasteiger partial charge in [0.05, 0.1) is 23.8 Å². The van der Waals surface area contributed by atoms with E-state index in [1.807, 2.05) is 12.1 Å². The lowest BCUT2D eigenvalue weighted by atomic mass is 9.70. The summed E-state index contributed by atoms with van der Waals surface area (Å²) in [7, 11) is 1.72. The van der Waals surface area contributed by atoms with E-state index in [9.17, 15) is 9.59 Å². The van der Waals surface area contributed by atoms with E-state index in [1.54, 1.807) is 31.6 Å². The minimum absolute atomic E-state index is 0.0928. The summed E-state index contributed by atoms with van der Waals surface area (Å²) < 4.78 is 12.1. The van der Waals surface area contributed by atoms with Gasteiger partial charge in [-0.25, -0.2) is 9.62 Å². The molecule has 2 aliphatic rings. The van der Waals surface area contributed by atoms with Crippen LogP contribution in [0.2, 0.25) is 0 Å². The van der Waals surface area contributed by atoms with Crippen LogP contribution in [0.5, 0.6) is 0 Å². The lowest BCUT2D eigenvalue weighted by molar-refractivity contribution is -0.144. The van der Waals surface area contributed by atoms with Gasteiger partial charge in [-0.05, 0) is 41.9 Å². The van der Waals surface area contributed by atoms with Gasteiger partial charge >= 0.3 is 0 Å². The molecule has 2 unspecified atom stereocenters. The molecule has 3 aromatic rings. The second-order valence-electron chi connectivity index (χ2n) is 7.47.